The maximum atomic E-state index is 13.1. The van der Waals surface area contributed by atoms with E-state index < -0.39 is 10.8 Å². The van der Waals surface area contributed by atoms with Gasteiger partial charge in [-0.25, -0.2) is 0 Å². The van der Waals surface area contributed by atoms with E-state index >= 15 is 0 Å². The molecule has 0 aromatic heterocycles. The summed E-state index contributed by atoms with van der Waals surface area (Å²) < 4.78 is 5.47. The number of hydrogen-bond acceptors (Lipinski definition) is 5. The summed E-state index contributed by atoms with van der Waals surface area (Å²) in [4.78, 5) is 36.8. The van der Waals surface area contributed by atoms with E-state index in [0.29, 0.717) is 6.42 Å². The zero-order valence-corrected chi connectivity index (χ0v) is 21.4. The van der Waals surface area contributed by atoms with Crippen molar-refractivity contribution in [2.45, 2.75) is 70.6 Å². The molecule has 0 saturated heterocycles. The Hall–Kier alpha value is -0.910. The summed E-state index contributed by atoms with van der Waals surface area (Å²) >= 11 is 13.7. The first-order chi connectivity index (χ1) is 15.5. The Kier molecular flexibility index (Phi) is 6.83. The second kappa shape index (κ2) is 8.95. The van der Waals surface area contributed by atoms with Crippen molar-refractivity contribution < 1.29 is 24.2 Å². The highest BCUT2D eigenvalue weighted by Crippen LogP contribution is 2.72. The molecule has 3 saturated carbocycles. The summed E-state index contributed by atoms with van der Waals surface area (Å²) in [5.41, 5.74) is 0.726. The average molecular weight is 499 g/mol. The summed E-state index contributed by atoms with van der Waals surface area (Å²) in [6, 6.07) is 0. The summed E-state index contributed by atoms with van der Waals surface area (Å²) in [5, 5.41) is 9.02. The number of carbonyl (C=O) groups is 3. The molecule has 0 aromatic rings. The van der Waals surface area contributed by atoms with Gasteiger partial charge in [0.25, 0.3) is 0 Å². The number of carbonyl (C=O) groups excluding carboxylic acids is 3. The molecule has 5 nitrogen and oxygen atoms in total. The fraction of sp³-hybridized carbons (Fsp3) is 0.808. The summed E-state index contributed by atoms with van der Waals surface area (Å²) in [5.74, 6) is 0.0696. The van der Waals surface area contributed by atoms with Gasteiger partial charge >= 0.3 is 5.97 Å². The fourth-order valence-electron chi connectivity index (χ4n) is 8.26. The Bertz CT molecular complexity index is 871. The van der Waals surface area contributed by atoms with Gasteiger partial charge in [-0.2, -0.15) is 0 Å². The van der Waals surface area contributed by atoms with Crippen LogP contribution in [0, 0.1) is 40.4 Å². The van der Waals surface area contributed by atoms with Gasteiger partial charge in [-0.05, 0) is 61.3 Å². The number of halogens is 2. The number of rotatable bonds is 6. The number of alkyl halides is 2. The number of fused-ring (bicyclic) bond motifs is 5. The second-order valence-corrected chi connectivity index (χ2v) is 12.3. The zero-order valence-electron chi connectivity index (χ0n) is 19.9. The lowest BCUT2D eigenvalue weighted by molar-refractivity contribution is -0.147. The van der Waals surface area contributed by atoms with Crippen LogP contribution in [-0.2, 0) is 19.1 Å². The number of allylic oxidation sites excluding steroid dienone is 1. The fourth-order valence-corrected chi connectivity index (χ4v) is 8.97. The molecule has 33 heavy (non-hydrogen) atoms. The van der Waals surface area contributed by atoms with Gasteiger partial charge in [0.1, 0.15) is 0 Å². The van der Waals surface area contributed by atoms with E-state index in [4.69, 9.17) is 33.0 Å². The molecule has 0 unspecified atom stereocenters. The molecular formula is C26H36Cl2O5. The molecular weight excluding hydrogens is 463 g/mol. The zero-order chi connectivity index (χ0) is 24.2. The highest BCUT2D eigenvalue weighted by atomic mass is 35.5. The molecule has 0 aromatic carbocycles. The molecule has 0 radical (unpaired) electrons. The third kappa shape index (κ3) is 3.81. The molecule has 0 aliphatic heterocycles. The maximum absolute atomic E-state index is 13.1. The van der Waals surface area contributed by atoms with Crippen molar-refractivity contribution in [1.29, 1.82) is 0 Å². The van der Waals surface area contributed by atoms with Crippen molar-refractivity contribution in [3.05, 3.63) is 11.6 Å². The molecule has 0 spiro atoms. The van der Waals surface area contributed by atoms with Crippen LogP contribution >= 0.6 is 23.2 Å². The predicted octanol–water partition coefficient (Wildman–Crippen LogP) is 4.70. The topological polar surface area (TPSA) is 80.7 Å². The maximum Gasteiger partial charge on any atom is 0.308 e. The molecule has 3 fully saturated rings. The average Bonchev–Trinajstić information content (AvgIpc) is 3.07. The summed E-state index contributed by atoms with van der Waals surface area (Å²) in [6.07, 6.45) is 6.41. The van der Waals surface area contributed by atoms with Crippen LogP contribution in [0.3, 0.4) is 0 Å². The Morgan fingerprint density at radius 1 is 1.18 bits per heavy atom. The molecule has 8 atom stereocenters. The van der Waals surface area contributed by atoms with Crippen LogP contribution < -0.4 is 0 Å². The highest BCUT2D eigenvalue weighted by Gasteiger charge is 2.68. The van der Waals surface area contributed by atoms with Crippen LogP contribution in [0.5, 0.6) is 0 Å². The lowest BCUT2D eigenvalue weighted by Gasteiger charge is -2.64. The van der Waals surface area contributed by atoms with E-state index in [9.17, 15) is 14.4 Å². The van der Waals surface area contributed by atoms with Crippen molar-refractivity contribution in [3.8, 4) is 0 Å². The molecule has 184 valence electrons. The minimum atomic E-state index is -0.451. The van der Waals surface area contributed by atoms with Crippen molar-refractivity contribution in [2.75, 3.05) is 19.1 Å². The van der Waals surface area contributed by atoms with E-state index in [1.807, 2.05) is 6.08 Å². The molecule has 4 aliphatic rings. The quantitative estimate of drug-likeness (QED) is 0.423. The number of Topliss-reactive ketones (excluding diaryl/α,β-unsaturated/α-hetero) is 1. The summed E-state index contributed by atoms with van der Waals surface area (Å²) in [6.45, 7) is 6.58. The minimum absolute atomic E-state index is 0.0193. The van der Waals surface area contributed by atoms with Crippen LogP contribution in [0.4, 0.5) is 0 Å². The lowest BCUT2D eigenvalue weighted by atomic mass is 9.44. The van der Waals surface area contributed by atoms with Crippen molar-refractivity contribution in [2.24, 2.45) is 40.4 Å². The third-order valence-corrected chi connectivity index (χ3v) is 11.0. The normalized spacial score (nSPS) is 44.4. The molecule has 4 rings (SSSR count). The van der Waals surface area contributed by atoms with Gasteiger partial charge in [0.15, 0.2) is 11.6 Å². The highest BCUT2D eigenvalue weighted by molar-refractivity contribution is 6.28. The number of ether oxygens (including phenoxy) is 1. The molecule has 0 heterocycles. The van der Waals surface area contributed by atoms with Crippen molar-refractivity contribution in [1.82, 2.24) is 0 Å². The van der Waals surface area contributed by atoms with Gasteiger partial charge in [0.2, 0.25) is 0 Å². The van der Waals surface area contributed by atoms with Crippen molar-refractivity contribution in [3.63, 3.8) is 0 Å². The largest absolute Gasteiger partial charge is 0.465 e. The van der Waals surface area contributed by atoms with E-state index in [0.717, 1.165) is 32.1 Å². The monoisotopic (exact) mass is 498 g/mol. The minimum Gasteiger partial charge on any atom is -0.465 e. The van der Waals surface area contributed by atoms with Crippen LogP contribution in [0.1, 0.15) is 65.7 Å². The molecule has 4 aliphatic carbocycles. The van der Waals surface area contributed by atoms with Crippen molar-refractivity contribution >= 4 is 40.7 Å². The molecule has 0 amide bonds. The van der Waals surface area contributed by atoms with E-state index in [-0.39, 0.29) is 77.5 Å². The van der Waals surface area contributed by atoms with Gasteiger partial charge in [-0.3, -0.25) is 14.4 Å². The van der Waals surface area contributed by atoms with Gasteiger partial charge in [-0.1, -0.05) is 26.3 Å². The standard InChI is InChI=1S/C26H36Cl2O5/c1-15-10-20-19-11-16(14-33-22(32)5-9-29)23(21(31)13-27)24(19,2)7-8-26(20,28)25(3)6-4-17(30)12-18(15)25/h12,15-16,19-20,23,29H,4-11,13-14H2,1-3H3/t15-,16+,19-,20-,23+,24-,25-,26+/m0/s1. The SMILES string of the molecule is C[C@H]1C[C@H]2[C@@H]3C[C@H](COC(=O)CCO)[C@H](C(=O)CCl)[C@@]3(C)CC[C@]2(Cl)[C@@]2(C)CCC(=O)C=C12. The Balaban J connectivity index is 1.68. The molecule has 7 heteroatoms. The van der Waals surface area contributed by atoms with E-state index in [1.54, 1.807) is 0 Å². The third-order valence-electron chi connectivity index (χ3n) is 9.82. The van der Waals surface area contributed by atoms with Crippen LogP contribution in [0.2, 0.25) is 0 Å². The number of ketones is 2. The van der Waals surface area contributed by atoms with Gasteiger partial charge < -0.3 is 9.84 Å². The van der Waals surface area contributed by atoms with Gasteiger partial charge in [0.05, 0.1) is 30.4 Å². The van der Waals surface area contributed by atoms with Crippen LogP contribution in [0.15, 0.2) is 11.6 Å². The molecule has 0 bridgehead atoms. The summed E-state index contributed by atoms with van der Waals surface area (Å²) in [7, 11) is 0. The van der Waals surface area contributed by atoms with E-state index in [2.05, 4.69) is 20.8 Å². The first-order valence-corrected chi connectivity index (χ1v) is 13.2. The Labute approximate surface area is 206 Å². The number of aliphatic hydroxyl groups is 1. The van der Waals surface area contributed by atoms with Gasteiger partial charge in [0, 0.05) is 23.7 Å². The Morgan fingerprint density at radius 2 is 1.91 bits per heavy atom. The smallest absolute Gasteiger partial charge is 0.308 e. The first kappa shape index (κ1) is 25.2. The number of aliphatic hydroxyl groups excluding tert-OH is 1. The number of hydrogen-bond donors (Lipinski definition) is 1. The van der Waals surface area contributed by atoms with Crippen LogP contribution in [0.25, 0.3) is 0 Å². The first-order valence-electron chi connectivity index (χ1n) is 12.3. The molecule has 1 N–H and O–H groups in total. The van der Waals surface area contributed by atoms with Gasteiger partial charge in [-0.15, -0.1) is 23.2 Å². The van der Waals surface area contributed by atoms with Crippen LogP contribution in [-0.4, -0.2) is 46.6 Å². The lowest BCUT2D eigenvalue weighted by Crippen LogP contribution is -2.61. The predicted molar refractivity (Wildman–Crippen MR) is 127 cm³/mol. The Morgan fingerprint density at radius 3 is 2.58 bits per heavy atom. The number of esters is 1. The van der Waals surface area contributed by atoms with E-state index in [1.165, 1.54) is 5.57 Å². The second-order valence-electron chi connectivity index (χ2n) is 11.3.